The molecule has 0 aliphatic rings. The molecule has 0 atom stereocenters. The fraction of sp³-hybridized carbons (Fsp3) is 0.208. The molecule has 3 rings (SSSR count). The molecule has 0 fully saturated rings. The highest BCUT2D eigenvalue weighted by Crippen LogP contribution is 2.28. The van der Waals surface area contributed by atoms with Crippen LogP contribution in [0.15, 0.2) is 68.6 Å². The second-order valence-corrected chi connectivity index (χ2v) is 7.30. The van der Waals surface area contributed by atoms with Crippen molar-refractivity contribution in [3.63, 3.8) is 0 Å². The highest BCUT2D eigenvalue weighted by Gasteiger charge is 2.16. The number of amides is 1. The van der Waals surface area contributed by atoms with Crippen LogP contribution in [0.1, 0.15) is 35.7 Å². The van der Waals surface area contributed by atoms with Gasteiger partial charge in [0.1, 0.15) is 11.4 Å². The minimum atomic E-state index is -0.0654. The third-order valence-electron chi connectivity index (χ3n) is 4.79. The van der Waals surface area contributed by atoms with E-state index in [1.54, 1.807) is 40.3 Å². The zero-order valence-electron chi connectivity index (χ0n) is 19.3. The molecule has 0 radical (unpaired) electrons. The van der Waals surface area contributed by atoms with E-state index in [4.69, 9.17) is 9.15 Å². The lowest BCUT2D eigenvalue weighted by Crippen LogP contribution is -2.21. The lowest BCUT2D eigenvalue weighted by Gasteiger charge is -2.10. The maximum Gasteiger partial charge on any atom is 0.320 e. The molecule has 3 aromatic rings. The number of nitrogens with one attached hydrogen (secondary N) is 1. The summed E-state index contributed by atoms with van der Waals surface area (Å²) in [6, 6.07) is 14.8. The Labute approximate surface area is 192 Å². The van der Waals surface area contributed by atoms with Crippen molar-refractivity contribution in [3.05, 3.63) is 71.2 Å². The van der Waals surface area contributed by atoms with E-state index in [1.165, 1.54) is 4.90 Å². The van der Waals surface area contributed by atoms with E-state index in [0.29, 0.717) is 34.1 Å². The van der Waals surface area contributed by atoms with Crippen LogP contribution in [0.2, 0.25) is 0 Å². The van der Waals surface area contributed by atoms with Gasteiger partial charge in [0.15, 0.2) is 0 Å². The number of para-hydroxylation sites is 2. The average molecular weight is 447 g/mol. The number of aromatic nitrogens is 2. The Kier molecular flexibility index (Phi) is 7.34. The smallest absolute Gasteiger partial charge is 0.320 e. The van der Waals surface area contributed by atoms with Crippen molar-refractivity contribution in [2.45, 2.75) is 13.8 Å². The molecule has 1 aromatic heterocycles. The van der Waals surface area contributed by atoms with Crippen molar-refractivity contribution >= 4 is 35.7 Å². The number of carbonyl (C=O) groups is 1. The monoisotopic (exact) mass is 446 g/mol. The van der Waals surface area contributed by atoms with E-state index in [0.717, 1.165) is 5.56 Å². The van der Waals surface area contributed by atoms with Gasteiger partial charge in [-0.1, -0.05) is 29.4 Å². The van der Waals surface area contributed by atoms with Gasteiger partial charge in [-0.2, -0.15) is 0 Å². The van der Waals surface area contributed by atoms with Gasteiger partial charge in [-0.15, -0.1) is 5.10 Å². The van der Waals surface area contributed by atoms with E-state index in [9.17, 15) is 4.79 Å². The number of benzene rings is 2. The van der Waals surface area contributed by atoms with Crippen LogP contribution < -0.4 is 10.1 Å². The van der Waals surface area contributed by atoms with Gasteiger partial charge in [0.2, 0.25) is 0 Å². The van der Waals surface area contributed by atoms with Crippen LogP contribution in [0.3, 0.4) is 0 Å². The number of carbonyl (C=O) groups excluding carboxylic acids is 1. The molecule has 2 aromatic carbocycles. The van der Waals surface area contributed by atoms with Gasteiger partial charge >= 0.3 is 6.01 Å². The molecule has 0 saturated carbocycles. The van der Waals surface area contributed by atoms with Crippen LogP contribution in [-0.2, 0) is 0 Å². The first-order valence-electron chi connectivity index (χ1n) is 10.1. The summed E-state index contributed by atoms with van der Waals surface area (Å²) >= 11 is 0. The molecule has 9 nitrogen and oxygen atoms in total. The normalized spacial score (nSPS) is 12.1. The Morgan fingerprint density at radius 2 is 1.73 bits per heavy atom. The summed E-state index contributed by atoms with van der Waals surface area (Å²) in [6.07, 6.45) is 0. The summed E-state index contributed by atoms with van der Waals surface area (Å²) in [4.78, 5) is 22.3. The molecule has 1 amide bonds. The number of nitrogens with zero attached hydrogens (tertiary/aromatic N) is 5. The summed E-state index contributed by atoms with van der Waals surface area (Å²) in [5.74, 6) is 0.766. The zero-order chi connectivity index (χ0) is 24.0. The summed E-state index contributed by atoms with van der Waals surface area (Å²) in [5, 5.41) is 11.2. The highest BCUT2D eigenvalue weighted by atomic mass is 16.5. The number of rotatable bonds is 8. The standard InChI is InChI=1S/C24H26N6O3/c1-15(17-11-13-18(14-12-17)23(31)30(4)5)26-21(16(2)25-3)22-28-29-24(33-22)27-19-9-7-8-10-20(19)32-6/h7-14H,3H2,1-2,4-6H3,(H,27,29)/b21-16-,26-15?. The number of aliphatic imine (C=N–C) groups is 2. The van der Waals surface area contributed by atoms with Gasteiger partial charge in [0, 0.05) is 25.4 Å². The van der Waals surface area contributed by atoms with Crippen molar-refractivity contribution in [1.29, 1.82) is 0 Å². The molecule has 0 saturated heterocycles. The first kappa shape index (κ1) is 23.4. The van der Waals surface area contributed by atoms with Crippen LogP contribution in [0.4, 0.5) is 11.7 Å². The van der Waals surface area contributed by atoms with Crippen LogP contribution in [0.5, 0.6) is 5.75 Å². The SMILES string of the molecule is C=N/C(C)=C(\N=C(C)c1ccc(C(=O)N(C)C)cc1)c1nnc(Nc2ccccc2OC)o1. The lowest BCUT2D eigenvalue weighted by molar-refractivity contribution is 0.0827. The van der Waals surface area contributed by atoms with Crippen molar-refractivity contribution < 1.29 is 13.9 Å². The van der Waals surface area contributed by atoms with Gasteiger partial charge in [-0.3, -0.25) is 9.79 Å². The number of anilines is 2. The maximum atomic E-state index is 12.1. The van der Waals surface area contributed by atoms with Gasteiger partial charge < -0.3 is 19.4 Å². The molecule has 0 unspecified atom stereocenters. The molecule has 0 bridgehead atoms. The Bertz CT molecular complexity index is 1210. The van der Waals surface area contributed by atoms with Crippen molar-refractivity contribution in [2.24, 2.45) is 9.98 Å². The molecular formula is C24H26N6O3. The second-order valence-electron chi connectivity index (χ2n) is 7.30. The number of hydrogen-bond acceptors (Lipinski definition) is 8. The minimum Gasteiger partial charge on any atom is -0.495 e. The largest absolute Gasteiger partial charge is 0.495 e. The third kappa shape index (κ3) is 5.51. The molecule has 33 heavy (non-hydrogen) atoms. The van der Waals surface area contributed by atoms with E-state index in [-0.39, 0.29) is 17.8 Å². The molecular weight excluding hydrogens is 420 g/mol. The maximum absolute atomic E-state index is 12.1. The van der Waals surface area contributed by atoms with Gasteiger partial charge in [-0.25, -0.2) is 4.99 Å². The average Bonchev–Trinajstić information content (AvgIpc) is 3.29. The Morgan fingerprint density at radius 1 is 1.06 bits per heavy atom. The van der Waals surface area contributed by atoms with Crippen LogP contribution in [0, 0.1) is 0 Å². The first-order chi connectivity index (χ1) is 15.8. The van der Waals surface area contributed by atoms with E-state index >= 15 is 0 Å². The molecule has 1 heterocycles. The van der Waals surface area contributed by atoms with Crippen LogP contribution in [-0.4, -0.2) is 54.6 Å². The van der Waals surface area contributed by atoms with Crippen LogP contribution in [0.25, 0.3) is 5.70 Å². The lowest BCUT2D eigenvalue weighted by atomic mass is 10.1. The number of hydrogen-bond donors (Lipinski definition) is 1. The summed E-state index contributed by atoms with van der Waals surface area (Å²) in [6.45, 7) is 7.20. The summed E-state index contributed by atoms with van der Waals surface area (Å²) < 4.78 is 11.1. The van der Waals surface area contributed by atoms with E-state index in [2.05, 4.69) is 32.2 Å². The highest BCUT2D eigenvalue weighted by molar-refractivity contribution is 6.02. The van der Waals surface area contributed by atoms with E-state index in [1.807, 2.05) is 43.3 Å². The summed E-state index contributed by atoms with van der Waals surface area (Å²) in [7, 11) is 5.01. The Hall–Kier alpha value is -4.27. The van der Waals surface area contributed by atoms with Crippen molar-refractivity contribution in [3.8, 4) is 5.75 Å². The quantitative estimate of drug-likeness (QED) is 0.514. The van der Waals surface area contributed by atoms with Gasteiger partial charge in [0.05, 0.1) is 18.5 Å². The fourth-order valence-electron chi connectivity index (χ4n) is 2.94. The zero-order valence-corrected chi connectivity index (χ0v) is 19.3. The summed E-state index contributed by atoms with van der Waals surface area (Å²) in [5.41, 5.74) is 3.74. The second kappa shape index (κ2) is 10.4. The number of allylic oxidation sites excluding steroid dienone is 1. The first-order valence-corrected chi connectivity index (χ1v) is 10.1. The third-order valence-corrected chi connectivity index (χ3v) is 4.79. The van der Waals surface area contributed by atoms with Gasteiger partial charge in [0.25, 0.3) is 11.8 Å². The minimum absolute atomic E-state index is 0.0654. The van der Waals surface area contributed by atoms with Gasteiger partial charge in [-0.05, 0) is 50.4 Å². The molecule has 9 heteroatoms. The number of ether oxygens (including phenoxy) is 1. The molecule has 1 N–H and O–H groups in total. The van der Waals surface area contributed by atoms with E-state index < -0.39 is 0 Å². The predicted octanol–water partition coefficient (Wildman–Crippen LogP) is 4.42. The number of methoxy groups -OCH3 is 1. The molecule has 0 aliphatic heterocycles. The molecule has 0 aliphatic carbocycles. The van der Waals surface area contributed by atoms with Crippen LogP contribution >= 0.6 is 0 Å². The Morgan fingerprint density at radius 3 is 2.36 bits per heavy atom. The van der Waals surface area contributed by atoms with Crippen molar-refractivity contribution in [2.75, 3.05) is 26.5 Å². The fourth-order valence-corrected chi connectivity index (χ4v) is 2.94. The molecule has 0 spiro atoms. The predicted molar refractivity (Wildman–Crippen MR) is 129 cm³/mol. The topological polar surface area (TPSA) is 105 Å². The Balaban J connectivity index is 1.89. The van der Waals surface area contributed by atoms with Crippen molar-refractivity contribution in [1.82, 2.24) is 15.1 Å². The molecule has 170 valence electrons.